The molecule has 0 aliphatic heterocycles. The molecule has 2 aromatic rings. The predicted octanol–water partition coefficient (Wildman–Crippen LogP) is 3.48. The highest BCUT2D eigenvalue weighted by Crippen LogP contribution is 2.21. The van der Waals surface area contributed by atoms with Crippen LogP contribution in [0.2, 0.25) is 0 Å². The van der Waals surface area contributed by atoms with Crippen molar-refractivity contribution in [1.29, 1.82) is 0 Å². The van der Waals surface area contributed by atoms with Crippen molar-refractivity contribution in [2.75, 3.05) is 0 Å². The summed E-state index contributed by atoms with van der Waals surface area (Å²) >= 11 is 2.21. The lowest BCUT2D eigenvalue weighted by Crippen LogP contribution is -2.01. The summed E-state index contributed by atoms with van der Waals surface area (Å²) in [5.74, 6) is 0. The minimum Gasteiger partial charge on any atom is -0.388 e. The Bertz CT molecular complexity index is 566. The fourth-order valence-corrected chi connectivity index (χ4v) is 2.14. The third-order valence-corrected chi connectivity index (χ3v) is 3.55. The van der Waals surface area contributed by atoms with Crippen molar-refractivity contribution < 1.29 is 10.0 Å². The van der Waals surface area contributed by atoms with Crippen LogP contribution in [0.5, 0.6) is 0 Å². The van der Waals surface area contributed by atoms with Crippen LogP contribution >= 0.6 is 22.6 Å². The maximum absolute atomic E-state index is 10.5. The molecule has 0 amide bonds. The predicted molar refractivity (Wildman–Crippen MR) is 80.9 cm³/mol. The third-order valence-electron chi connectivity index (χ3n) is 2.83. The summed E-state index contributed by atoms with van der Waals surface area (Å²) in [7, 11) is 0. The first-order valence-electron chi connectivity index (χ1n) is 5.73. The van der Waals surface area contributed by atoms with E-state index in [1.54, 1.807) is 12.1 Å². The molecule has 0 saturated carbocycles. The van der Waals surface area contributed by atoms with E-state index in [9.17, 15) is 15.2 Å². The molecule has 0 aliphatic rings. The Morgan fingerprint density at radius 3 is 2.21 bits per heavy atom. The molecule has 0 aliphatic carbocycles. The highest BCUT2D eigenvalue weighted by atomic mass is 127. The highest BCUT2D eigenvalue weighted by Gasteiger charge is 2.10. The van der Waals surface area contributed by atoms with Crippen LogP contribution in [0.25, 0.3) is 0 Å². The molecule has 0 bridgehead atoms. The number of nitro groups is 1. The maximum atomic E-state index is 10.5. The van der Waals surface area contributed by atoms with Gasteiger partial charge in [0, 0.05) is 22.1 Å². The van der Waals surface area contributed by atoms with Crippen LogP contribution in [-0.4, -0.2) is 10.0 Å². The van der Waals surface area contributed by atoms with Gasteiger partial charge in [0.2, 0.25) is 0 Å². The Labute approximate surface area is 124 Å². The van der Waals surface area contributed by atoms with Crippen molar-refractivity contribution in [3.8, 4) is 0 Å². The zero-order valence-electron chi connectivity index (χ0n) is 9.99. The first-order valence-corrected chi connectivity index (χ1v) is 6.81. The monoisotopic (exact) mass is 369 g/mol. The minimum absolute atomic E-state index is 0.0625. The average molecular weight is 369 g/mol. The smallest absolute Gasteiger partial charge is 0.269 e. The van der Waals surface area contributed by atoms with E-state index in [0.717, 1.165) is 14.7 Å². The number of hydrogen-bond donors (Lipinski definition) is 1. The second-order valence-electron chi connectivity index (χ2n) is 4.20. The maximum Gasteiger partial charge on any atom is 0.269 e. The Kier molecular flexibility index (Phi) is 4.49. The van der Waals surface area contributed by atoms with Gasteiger partial charge in [-0.1, -0.05) is 24.3 Å². The van der Waals surface area contributed by atoms with E-state index in [1.807, 2.05) is 24.3 Å². The van der Waals surface area contributed by atoms with Crippen LogP contribution in [0.15, 0.2) is 48.5 Å². The molecule has 1 atom stereocenters. The molecule has 1 N–H and O–H groups in total. The molecule has 5 heteroatoms. The van der Waals surface area contributed by atoms with Gasteiger partial charge in [-0.05, 0) is 45.9 Å². The lowest BCUT2D eigenvalue weighted by Gasteiger charge is -2.11. The van der Waals surface area contributed by atoms with Crippen LogP contribution in [0.3, 0.4) is 0 Å². The van der Waals surface area contributed by atoms with Crippen LogP contribution < -0.4 is 0 Å². The van der Waals surface area contributed by atoms with E-state index < -0.39 is 11.0 Å². The fourth-order valence-electron chi connectivity index (χ4n) is 1.78. The van der Waals surface area contributed by atoms with Crippen LogP contribution in [-0.2, 0) is 6.42 Å². The second kappa shape index (κ2) is 6.12. The van der Waals surface area contributed by atoms with Crippen molar-refractivity contribution in [2.45, 2.75) is 12.5 Å². The zero-order chi connectivity index (χ0) is 13.8. The molecule has 0 aromatic heterocycles. The number of aliphatic hydroxyl groups is 1. The Balaban J connectivity index is 2.08. The Morgan fingerprint density at radius 2 is 1.68 bits per heavy atom. The molecule has 19 heavy (non-hydrogen) atoms. The second-order valence-corrected chi connectivity index (χ2v) is 5.44. The number of nitro benzene ring substituents is 1. The van der Waals surface area contributed by atoms with Gasteiger partial charge in [-0.3, -0.25) is 10.1 Å². The molecule has 0 heterocycles. The van der Waals surface area contributed by atoms with Crippen LogP contribution in [0.1, 0.15) is 17.2 Å². The molecule has 1 unspecified atom stereocenters. The van der Waals surface area contributed by atoms with Gasteiger partial charge in [-0.2, -0.15) is 0 Å². The van der Waals surface area contributed by atoms with Crippen LogP contribution in [0.4, 0.5) is 5.69 Å². The number of hydrogen-bond acceptors (Lipinski definition) is 3. The Hall–Kier alpha value is -1.47. The molecule has 0 radical (unpaired) electrons. The van der Waals surface area contributed by atoms with Crippen LogP contribution in [0, 0.1) is 13.7 Å². The summed E-state index contributed by atoms with van der Waals surface area (Å²) in [6.45, 7) is 0. The summed E-state index contributed by atoms with van der Waals surface area (Å²) < 4.78 is 1.11. The van der Waals surface area contributed by atoms with Crippen molar-refractivity contribution in [1.82, 2.24) is 0 Å². The summed E-state index contributed by atoms with van der Waals surface area (Å²) in [4.78, 5) is 10.1. The summed E-state index contributed by atoms with van der Waals surface area (Å²) in [5, 5.41) is 20.7. The first-order chi connectivity index (χ1) is 9.06. The van der Waals surface area contributed by atoms with E-state index in [4.69, 9.17) is 0 Å². The van der Waals surface area contributed by atoms with Gasteiger partial charge in [0.15, 0.2) is 0 Å². The van der Waals surface area contributed by atoms with Gasteiger partial charge < -0.3 is 5.11 Å². The molecule has 0 saturated heterocycles. The fraction of sp³-hybridized carbons (Fsp3) is 0.143. The lowest BCUT2D eigenvalue weighted by molar-refractivity contribution is -0.384. The first kappa shape index (κ1) is 14.0. The summed E-state index contributed by atoms with van der Waals surface area (Å²) in [6.07, 6.45) is -0.156. The number of halogens is 1. The number of non-ortho nitro benzene ring substituents is 1. The standard InChI is InChI=1S/C14H12INO3/c15-12-5-3-11(4-6-12)14(17)9-10-1-7-13(8-2-10)16(18)19/h1-8,14,17H,9H2. The van der Waals surface area contributed by atoms with Crippen molar-refractivity contribution >= 4 is 28.3 Å². The third kappa shape index (κ3) is 3.74. The zero-order valence-corrected chi connectivity index (χ0v) is 12.1. The SMILES string of the molecule is O=[N+]([O-])c1ccc(CC(O)c2ccc(I)cc2)cc1. The van der Waals surface area contributed by atoms with Crippen molar-refractivity contribution in [3.63, 3.8) is 0 Å². The quantitative estimate of drug-likeness (QED) is 0.510. The summed E-state index contributed by atoms with van der Waals surface area (Å²) in [5.41, 5.74) is 1.78. The molecule has 2 rings (SSSR count). The van der Waals surface area contributed by atoms with Gasteiger partial charge >= 0.3 is 0 Å². The molecular formula is C14H12INO3. The number of aliphatic hydroxyl groups excluding tert-OH is 1. The number of rotatable bonds is 4. The van der Waals surface area contributed by atoms with E-state index in [2.05, 4.69) is 22.6 Å². The molecule has 0 spiro atoms. The van der Waals surface area contributed by atoms with Gasteiger partial charge in [0.05, 0.1) is 11.0 Å². The lowest BCUT2D eigenvalue weighted by atomic mass is 10.0. The molecule has 98 valence electrons. The van der Waals surface area contributed by atoms with Crippen molar-refractivity contribution in [3.05, 3.63) is 73.3 Å². The number of nitrogens with zero attached hydrogens (tertiary/aromatic N) is 1. The topological polar surface area (TPSA) is 63.4 Å². The molecular weight excluding hydrogens is 357 g/mol. The van der Waals surface area contributed by atoms with E-state index in [-0.39, 0.29) is 5.69 Å². The van der Waals surface area contributed by atoms with E-state index >= 15 is 0 Å². The van der Waals surface area contributed by atoms with Gasteiger partial charge in [0.1, 0.15) is 0 Å². The molecule has 0 fully saturated rings. The van der Waals surface area contributed by atoms with Gasteiger partial charge in [-0.25, -0.2) is 0 Å². The van der Waals surface area contributed by atoms with Gasteiger partial charge in [0.25, 0.3) is 5.69 Å². The Morgan fingerprint density at radius 1 is 1.11 bits per heavy atom. The molecule has 4 nitrogen and oxygen atoms in total. The minimum atomic E-state index is -0.599. The van der Waals surface area contributed by atoms with Gasteiger partial charge in [-0.15, -0.1) is 0 Å². The van der Waals surface area contributed by atoms with E-state index in [1.165, 1.54) is 12.1 Å². The summed E-state index contributed by atoms with van der Waals surface area (Å²) in [6, 6.07) is 13.9. The van der Waals surface area contributed by atoms with Crippen molar-refractivity contribution in [2.24, 2.45) is 0 Å². The highest BCUT2D eigenvalue weighted by molar-refractivity contribution is 14.1. The molecule has 2 aromatic carbocycles. The largest absolute Gasteiger partial charge is 0.388 e. The number of benzene rings is 2. The van der Waals surface area contributed by atoms with E-state index in [0.29, 0.717) is 6.42 Å². The average Bonchev–Trinajstić information content (AvgIpc) is 2.40. The normalized spacial score (nSPS) is 12.1.